The van der Waals surface area contributed by atoms with E-state index in [0.717, 1.165) is 18.7 Å². The molecule has 1 amide bonds. The number of fused-ring (bicyclic) bond motifs is 1. The van der Waals surface area contributed by atoms with Crippen LogP contribution in [0.3, 0.4) is 0 Å². The van der Waals surface area contributed by atoms with Crippen LogP contribution < -0.4 is 4.74 Å². The van der Waals surface area contributed by atoms with E-state index in [2.05, 4.69) is 42.4 Å². The first kappa shape index (κ1) is 17.4. The lowest BCUT2D eigenvalue weighted by atomic mass is 9.98. The molecule has 0 bridgehead atoms. The number of carbonyl (C=O) groups excluding carboxylic acids is 1. The highest BCUT2D eigenvalue weighted by atomic mass is 16.5. The Labute approximate surface area is 159 Å². The van der Waals surface area contributed by atoms with E-state index in [4.69, 9.17) is 4.74 Å². The van der Waals surface area contributed by atoms with Gasteiger partial charge in [-0.2, -0.15) is 0 Å². The SMILES string of the molecule is CCOc1cccc(C(=O)N2CC=C(c3c[nH]c4c(C)cccc34)CC2)c1. The van der Waals surface area contributed by atoms with Gasteiger partial charge in [-0.25, -0.2) is 0 Å². The highest BCUT2D eigenvalue weighted by Gasteiger charge is 2.21. The third-order valence-electron chi connectivity index (χ3n) is 5.16. The van der Waals surface area contributed by atoms with Gasteiger partial charge in [0.25, 0.3) is 5.91 Å². The van der Waals surface area contributed by atoms with Gasteiger partial charge in [0.2, 0.25) is 0 Å². The molecular formula is C23H24N2O2. The summed E-state index contributed by atoms with van der Waals surface area (Å²) in [7, 11) is 0. The molecule has 0 radical (unpaired) electrons. The number of carbonyl (C=O) groups is 1. The van der Waals surface area contributed by atoms with Crippen LogP contribution in [0, 0.1) is 6.92 Å². The molecule has 2 heterocycles. The number of aryl methyl sites for hydroxylation is 1. The van der Waals surface area contributed by atoms with Crippen molar-refractivity contribution in [2.24, 2.45) is 0 Å². The Balaban J connectivity index is 1.53. The third-order valence-corrected chi connectivity index (χ3v) is 5.16. The second-order valence-electron chi connectivity index (χ2n) is 6.89. The molecule has 0 saturated carbocycles. The zero-order valence-electron chi connectivity index (χ0n) is 15.8. The lowest BCUT2D eigenvalue weighted by Gasteiger charge is -2.26. The average Bonchev–Trinajstić information content (AvgIpc) is 3.14. The number of amides is 1. The van der Waals surface area contributed by atoms with E-state index < -0.39 is 0 Å². The maximum atomic E-state index is 12.8. The summed E-state index contributed by atoms with van der Waals surface area (Å²) in [5.74, 6) is 0.798. The highest BCUT2D eigenvalue weighted by Crippen LogP contribution is 2.31. The van der Waals surface area contributed by atoms with Gasteiger partial charge < -0.3 is 14.6 Å². The molecule has 1 aliphatic rings. The predicted molar refractivity (Wildman–Crippen MR) is 109 cm³/mol. The maximum absolute atomic E-state index is 12.8. The van der Waals surface area contributed by atoms with Gasteiger partial charge in [-0.3, -0.25) is 4.79 Å². The molecule has 0 atom stereocenters. The molecule has 0 aliphatic carbocycles. The number of nitrogens with zero attached hydrogens (tertiary/aromatic N) is 1. The van der Waals surface area contributed by atoms with E-state index in [9.17, 15) is 4.79 Å². The summed E-state index contributed by atoms with van der Waals surface area (Å²) < 4.78 is 5.51. The minimum atomic E-state index is 0.0571. The molecule has 138 valence electrons. The van der Waals surface area contributed by atoms with Gasteiger partial charge in [0, 0.05) is 41.3 Å². The second-order valence-corrected chi connectivity index (χ2v) is 6.89. The van der Waals surface area contributed by atoms with E-state index >= 15 is 0 Å². The molecule has 4 heteroatoms. The van der Waals surface area contributed by atoms with Crippen molar-refractivity contribution in [3.05, 3.63) is 71.4 Å². The number of H-pyrrole nitrogens is 1. The number of aromatic amines is 1. The van der Waals surface area contributed by atoms with Crippen molar-refractivity contribution >= 4 is 22.4 Å². The smallest absolute Gasteiger partial charge is 0.254 e. The van der Waals surface area contributed by atoms with Crippen molar-refractivity contribution in [3.8, 4) is 5.75 Å². The Bertz CT molecular complexity index is 1020. The van der Waals surface area contributed by atoms with Crippen LogP contribution >= 0.6 is 0 Å². The minimum absolute atomic E-state index is 0.0571. The molecule has 0 unspecified atom stereocenters. The topological polar surface area (TPSA) is 45.3 Å². The molecule has 1 N–H and O–H groups in total. The van der Waals surface area contributed by atoms with Crippen LogP contribution in [-0.2, 0) is 0 Å². The summed E-state index contributed by atoms with van der Waals surface area (Å²) in [6.07, 6.45) is 5.13. The Morgan fingerprint density at radius 3 is 2.85 bits per heavy atom. The van der Waals surface area contributed by atoms with Crippen molar-refractivity contribution in [1.29, 1.82) is 0 Å². The summed E-state index contributed by atoms with van der Waals surface area (Å²) in [4.78, 5) is 18.1. The quantitative estimate of drug-likeness (QED) is 0.726. The van der Waals surface area contributed by atoms with Gasteiger partial charge in [-0.05, 0) is 49.6 Å². The molecular weight excluding hydrogens is 336 g/mol. The largest absolute Gasteiger partial charge is 0.494 e. The van der Waals surface area contributed by atoms with E-state index in [1.807, 2.05) is 36.1 Å². The van der Waals surface area contributed by atoms with Crippen molar-refractivity contribution < 1.29 is 9.53 Å². The Morgan fingerprint density at radius 2 is 2.07 bits per heavy atom. The first-order valence-corrected chi connectivity index (χ1v) is 9.45. The van der Waals surface area contributed by atoms with E-state index in [1.54, 1.807) is 0 Å². The van der Waals surface area contributed by atoms with E-state index in [-0.39, 0.29) is 5.91 Å². The first-order chi connectivity index (χ1) is 13.2. The van der Waals surface area contributed by atoms with Gasteiger partial charge in [-0.1, -0.05) is 30.3 Å². The molecule has 3 aromatic rings. The number of para-hydroxylation sites is 1. The monoisotopic (exact) mass is 360 g/mol. The number of nitrogens with one attached hydrogen (secondary N) is 1. The fraction of sp³-hybridized carbons (Fsp3) is 0.261. The molecule has 1 aromatic heterocycles. The summed E-state index contributed by atoms with van der Waals surface area (Å²) in [6, 6.07) is 13.8. The minimum Gasteiger partial charge on any atom is -0.494 e. The molecule has 1 aliphatic heterocycles. The van der Waals surface area contributed by atoms with Gasteiger partial charge in [0.05, 0.1) is 6.61 Å². The summed E-state index contributed by atoms with van der Waals surface area (Å²) in [5, 5.41) is 1.26. The Kier molecular flexibility index (Phi) is 4.71. The molecule has 0 fully saturated rings. The lowest BCUT2D eigenvalue weighted by molar-refractivity contribution is 0.0772. The predicted octanol–water partition coefficient (Wildman–Crippen LogP) is 4.80. The second kappa shape index (κ2) is 7.31. The average molecular weight is 360 g/mol. The standard InChI is InChI=1S/C23H24N2O2/c1-3-27-19-8-5-7-18(14-19)23(26)25-12-10-17(11-13-25)21-15-24-22-16(2)6-4-9-20(21)22/h4-10,14-15,24H,3,11-13H2,1-2H3. The van der Waals surface area contributed by atoms with E-state index in [0.29, 0.717) is 18.7 Å². The van der Waals surface area contributed by atoms with Crippen LogP contribution in [0.2, 0.25) is 0 Å². The zero-order valence-corrected chi connectivity index (χ0v) is 15.8. The van der Waals surface area contributed by atoms with Gasteiger partial charge in [-0.15, -0.1) is 0 Å². The Morgan fingerprint density at radius 1 is 1.22 bits per heavy atom. The van der Waals surface area contributed by atoms with Crippen LogP contribution in [0.5, 0.6) is 5.75 Å². The summed E-state index contributed by atoms with van der Waals surface area (Å²) in [6.45, 7) is 6.01. The molecule has 0 spiro atoms. The van der Waals surface area contributed by atoms with Crippen molar-refractivity contribution in [2.75, 3.05) is 19.7 Å². The van der Waals surface area contributed by atoms with Crippen molar-refractivity contribution in [1.82, 2.24) is 9.88 Å². The first-order valence-electron chi connectivity index (χ1n) is 9.45. The third kappa shape index (κ3) is 3.35. The molecule has 4 rings (SSSR count). The van der Waals surface area contributed by atoms with Crippen molar-refractivity contribution in [3.63, 3.8) is 0 Å². The van der Waals surface area contributed by atoms with Gasteiger partial charge >= 0.3 is 0 Å². The van der Waals surface area contributed by atoms with Crippen LogP contribution in [0.4, 0.5) is 0 Å². The molecule has 27 heavy (non-hydrogen) atoms. The molecule has 0 saturated heterocycles. The van der Waals surface area contributed by atoms with Crippen molar-refractivity contribution in [2.45, 2.75) is 20.3 Å². The van der Waals surface area contributed by atoms with Gasteiger partial charge in [0.1, 0.15) is 5.75 Å². The normalized spacial score (nSPS) is 14.3. The van der Waals surface area contributed by atoms with Crippen LogP contribution in [0.25, 0.3) is 16.5 Å². The fourth-order valence-corrected chi connectivity index (χ4v) is 3.74. The molecule has 2 aromatic carbocycles. The number of ether oxygens (including phenoxy) is 1. The lowest BCUT2D eigenvalue weighted by Crippen LogP contribution is -2.34. The van der Waals surface area contributed by atoms with Crippen LogP contribution in [0.15, 0.2) is 54.7 Å². The summed E-state index contributed by atoms with van der Waals surface area (Å²) in [5.41, 5.74) is 5.68. The fourth-order valence-electron chi connectivity index (χ4n) is 3.74. The van der Waals surface area contributed by atoms with E-state index in [1.165, 1.54) is 27.6 Å². The number of hydrogen-bond donors (Lipinski definition) is 1. The maximum Gasteiger partial charge on any atom is 0.254 e. The Hall–Kier alpha value is -3.01. The molecule has 4 nitrogen and oxygen atoms in total. The number of rotatable bonds is 4. The van der Waals surface area contributed by atoms with Crippen LogP contribution in [0.1, 0.15) is 34.8 Å². The number of aromatic nitrogens is 1. The number of benzene rings is 2. The highest BCUT2D eigenvalue weighted by molar-refractivity contribution is 5.97. The zero-order chi connectivity index (χ0) is 18.8. The van der Waals surface area contributed by atoms with Crippen LogP contribution in [-0.4, -0.2) is 35.5 Å². The van der Waals surface area contributed by atoms with Gasteiger partial charge in [0.15, 0.2) is 0 Å². The summed E-state index contributed by atoms with van der Waals surface area (Å²) >= 11 is 0. The number of hydrogen-bond acceptors (Lipinski definition) is 2.